The maximum atomic E-state index is 6.29. The van der Waals surface area contributed by atoms with Gasteiger partial charge in [-0.1, -0.05) is 45.7 Å². The average molecular weight is 585 g/mol. The van der Waals surface area contributed by atoms with Crippen molar-refractivity contribution in [2.75, 3.05) is 41.4 Å². The Kier molecular flexibility index (Phi) is 8.73. The second kappa shape index (κ2) is 12.6. The van der Waals surface area contributed by atoms with E-state index in [2.05, 4.69) is 36.3 Å². The van der Waals surface area contributed by atoms with Gasteiger partial charge in [-0.3, -0.25) is 0 Å². The monoisotopic (exact) mass is 583 g/mol. The fourth-order valence-electron chi connectivity index (χ4n) is 4.56. The van der Waals surface area contributed by atoms with Gasteiger partial charge in [-0.05, 0) is 62.8 Å². The summed E-state index contributed by atoms with van der Waals surface area (Å²) >= 11 is 9.84. The number of hydrogen-bond acceptors (Lipinski definition) is 8. The summed E-state index contributed by atoms with van der Waals surface area (Å²) in [7, 11) is 0. The van der Waals surface area contributed by atoms with Crippen LogP contribution in [-0.4, -0.2) is 47.3 Å². The minimum absolute atomic E-state index is 0.363. The van der Waals surface area contributed by atoms with E-state index in [9.17, 15) is 0 Å². The minimum atomic E-state index is 0.363. The summed E-state index contributed by atoms with van der Waals surface area (Å²) in [6.45, 7) is 4.24. The number of piperidine rings is 2. The Hall–Kier alpha value is -2.91. The Balaban J connectivity index is 1.34. The standard InChI is InChI=1S/C27H31BrClN7O/c28-22-11-12-24(37-19-20-9-3-4-10-23(20)29)21(17-22)18-30-34-25-31-26(35-13-5-1-6-14-35)33-27(32-25)36-15-7-2-8-16-36/h3-4,9-12,17-18H,1-2,5-8,13-16,19H2,(H,31,32,33,34). The van der Waals surface area contributed by atoms with Gasteiger partial charge in [0.25, 0.3) is 0 Å². The van der Waals surface area contributed by atoms with E-state index in [4.69, 9.17) is 31.3 Å². The molecule has 2 aliphatic heterocycles. The Morgan fingerprint density at radius 1 is 0.892 bits per heavy atom. The summed E-state index contributed by atoms with van der Waals surface area (Å²) in [5.41, 5.74) is 4.78. The highest BCUT2D eigenvalue weighted by Crippen LogP contribution is 2.25. The summed E-state index contributed by atoms with van der Waals surface area (Å²) in [5.74, 6) is 2.59. The molecule has 0 amide bonds. The van der Waals surface area contributed by atoms with Gasteiger partial charge in [-0.25, -0.2) is 5.43 Å². The van der Waals surface area contributed by atoms with Crippen molar-refractivity contribution in [3.63, 3.8) is 0 Å². The van der Waals surface area contributed by atoms with E-state index in [1.54, 1.807) is 6.21 Å². The summed E-state index contributed by atoms with van der Waals surface area (Å²) in [6.07, 6.45) is 8.86. The number of rotatable bonds is 8. The first-order valence-electron chi connectivity index (χ1n) is 12.9. The van der Waals surface area contributed by atoms with Crippen LogP contribution in [0.25, 0.3) is 0 Å². The van der Waals surface area contributed by atoms with Crippen molar-refractivity contribution in [3.8, 4) is 5.75 Å². The lowest BCUT2D eigenvalue weighted by Gasteiger charge is -2.30. The number of nitrogens with zero attached hydrogens (tertiary/aromatic N) is 6. The highest BCUT2D eigenvalue weighted by atomic mass is 79.9. The molecule has 2 aromatic carbocycles. The number of hydrogen-bond donors (Lipinski definition) is 1. The first-order valence-corrected chi connectivity index (χ1v) is 14.0. The number of aromatic nitrogens is 3. The van der Waals surface area contributed by atoms with Gasteiger partial charge in [0.1, 0.15) is 12.4 Å². The van der Waals surface area contributed by atoms with Gasteiger partial charge < -0.3 is 14.5 Å². The van der Waals surface area contributed by atoms with E-state index in [0.717, 1.165) is 79.4 Å². The quantitative estimate of drug-likeness (QED) is 0.246. The molecule has 0 radical (unpaired) electrons. The Labute approximate surface area is 231 Å². The lowest BCUT2D eigenvalue weighted by atomic mass is 10.1. The normalized spacial score (nSPS) is 16.3. The number of hydrazone groups is 1. The van der Waals surface area contributed by atoms with Crippen LogP contribution in [0.5, 0.6) is 5.75 Å². The maximum Gasteiger partial charge on any atom is 0.250 e. The van der Waals surface area contributed by atoms with Crippen LogP contribution in [0, 0.1) is 0 Å². The van der Waals surface area contributed by atoms with E-state index in [1.165, 1.54) is 12.8 Å². The molecule has 1 N–H and O–H groups in total. The summed E-state index contributed by atoms with van der Waals surface area (Å²) in [4.78, 5) is 18.8. The number of benzene rings is 2. The summed E-state index contributed by atoms with van der Waals surface area (Å²) in [6, 6.07) is 13.5. The lowest BCUT2D eigenvalue weighted by Crippen LogP contribution is -2.34. The molecule has 0 bridgehead atoms. The number of nitrogens with one attached hydrogen (secondary N) is 1. The van der Waals surface area contributed by atoms with E-state index >= 15 is 0 Å². The second-order valence-corrected chi connectivity index (χ2v) is 10.6. The molecule has 2 aliphatic rings. The molecule has 0 unspecified atom stereocenters. The zero-order valence-corrected chi connectivity index (χ0v) is 23.1. The van der Waals surface area contributed by atoms with Crippen LogP contribution in [-0.2, 0) is 6.61 Å². The highest BCUT2D eigenvalue weighted by Gasteiger charge is 2.20. The van der Waals surface area contributed by atoms with Gasteiger partial charge in [-0.15, -0.1) is 0 Å². The Bertz CT molecular complexity index is 1190. The molecule has 5 rings (SSSR count). The lowest BCUT2D eigenvalue weighted by molar-refractivity contribution is 0.306. The van der Waals surface area contributed by atoms with Crippen LogP contribution in [0.15, 0.2) is 52.0 Å². The van der Waals surface area contributed by atoms with Crippen molar-refractivity contribution in [1.82, 2.24) is 15.0 Å². The first kappa shape index (κ1) is 25.7. The molecular weight excluding hydrogens is 554 g/mol. The third kappa shape index (κ3) is 6.90. The minimum Gasteiger partial charge on any atom is -0.488 e. The van der Waals surface area contributed by atoms with Crippen molar-refractivity contribution in [2.45, 2.75) is 45.1 Å². The van der Waals surface area contributed by atoms with Gasteiger partial charge >= 0.3 is 0 Å². The molecule has 1 aromatic heterocycles. The molecular formula is C27H31BrClN7O. The average Bonchev–Trinajstić information content (AvgIpc) is 2.94. The van der Waals surface area contributed by atoms with E-state index in [0.29, 0.717) is 23.3 Å². The van der Waals surface area contributed by atoms with Crippen molar-refractivity contribution in [2.24, 2.45) is 5.10 Å². The largest absolute Gasteiger partial charge is 0.488 e. The zero-order valence-electron chi connectivity index (χ0n) is 20.7. The number of ether oxygens (including phenoxy) is 1. The van der Waals surface area contributed by atoms with Crippen molar-refractivity contribution in [3.05, 3.63) is 63.1 Å². The fourth-order valence-corrected chi connectivity index (χ4v) is 5.13. The van der Waals surface area contributed by atoms with Gasteiger partial charge in [0.2, 0.25) is 17.8 Å². The first-order chi connectivity index (χ1) is 18.2. The molecule has 194 valence electrons. The predicted molar refractivity (Wildman–Crippen MR) is 153 cm³/mol. The molecule has 10 heteroatoms. The molecule has 8 nitrogen and oxygen atoms in total. The van der Waals surface area contributed by atoms with Gasteiger partial charge in [0.15, 0.2) is 0 Å². The highest BCUT2D eigenvalue weighted by molar-refractivity contribution is 9.10. The van der Waals surface area contributed by atoms with Crippen LogP contribution in [0.3, 0.4) is 0 Å². The van der Waals surface area contributed by atoms with Crippen LogP contribution in [0.4, 0.5) is 17.8 Å². The van der Waals surface area contributed by atoms with Crippen LogP contribution < -0.4 is 20.0 Å². The van der Waals surface area contributed by atoms with Crippen molar-refractivity contribution >= 4 is 51.6 Å². The summed E-state index contributed by atoms with van der Waals surface area (Å²) < 4.78 is 7.01. The smallest absolute Gasteiger partial charge is 0.250 e. The molecule has 3 heterocycles. The Morgan fingerprint density at radius 3 is 2.19 bits per heavy atom. The van der Waals surface area contributed by atoms with Crippen LogP contribution in [0.1, 0.15) is 49.7 Å². The molecule has 0 atom stereocenters. The van der Waals surface area contributed by atoms with E-state index in [-0.39, 0.29) is 0 Å². The van der Waals surface area contributed by atoms with Gasteiger partial charge in [0.05, 0.1) is 6.21 Å². The maximum absolute atomic E-state index is 6.29. The number of anilines is 3. The molecule has 3 aromatic rings. The third-order valence-corrected chi connectivity index (χ3v) is 7.43. The fraction of sp³-hybridized carbons (Fsp3) is 0.407. The van der Waals surface area contributed by atoms with Gasteiger partial charge in [0, 0.05) is 46.8 Å². The van der Waals surface area contributed by atoms with Crippen molar-refractivity contribution < 1.29 is 4.74 Å². The molecule has 2 fully saturated rings. The number of halogens is 2. The van der Waals surface area contributed by atoms with Crippen LogP contribution in [0.2, 0.25) is 5.02 Å². The van der Waals surface area contributed by atoms with Gasteiger partial charge in [-0.2, -0.15) is 20.1 Å². The van der Waals surface area contributed by atoms with Crippen molar-refractivity contribution in [1.29, 1.82) is 0 Å². The second-order valence-electron chi connectivity index (χ2n) is 9.29. The van der Waals surface area contributed by atoms with E-state index in [1.807, 2.05) is 42.5 Å². The molecule has 0 aliphatic carbocycles. The molecule has 0 spiro atoms. The molecule has 37 heavy (non-hydrogen) atoms. The third-order valence-electron chi connectivity index (χ3n) is 6.57. The van der Waals surface area contributed by atoms with Crippen LogP contribution >= 0.6 is 27.5 Å². The van der Waals surface area contributed by atoms with E-state index < -0.39 is 0 Å². The molecule has 2 saturated heterocycles. The summed E-state index contributed by atoms with van der Waals surface area (Å²) in [5, 5.41) is 5.15. The molecule has 0 saturated carbocycles. The predicted octanol–water partition coefficient (Wildman–Crippen LogP) is 6.29. The topological polar surface area (TPSA) is 78.8 Å². The SMILES string of the molecule is Clc1ccccc1COc1ccc(Br)cc1C=NNc1nc(N2CCCCC2)nc(N2CCCCC2)n1. The Morgan fingerprint density at radius 2 is 1.54 bits per heavy atom. The zero-order chi connectivity index (χ0) is 25.5.